The van der Waals surface area contributed by atoms with Crippen LogP contribution in [0.5, 0.6) is 5.75 Å². The van der Waals surface area contributed by atoms with Crippen molar-refractivity contribution < 1.29 is 14.6 Å². The first-order chi connectivity index (χ1) is 9.02. The minimum absolute atomic E-state index is 0.415. The van der Waals surface area contributed by atoms with Gasteiger partial charge in [-0.05, 0) is 32.1 Å². The van der Waals surface area contributed by atoms with E-state index in [9.17, 15) is 4.79 Å². The maximum atomic E-state index is 10.6. The Labute approximate surface area is 117 Å². The summed E-state index contributed by atoms with van der Waals surface area (Å²) < 4.78 is 5.70. The van der Waals surface area contributed by atoms with Gasteiger partial charge in [0, 0.05) is 29.2 Å². The van der Waals surface area contributed by atoms with E-state index in [4.69, 9.17) is 21.4 Å². The summed E-state index contributed by atoms with van der Waals surface area (Å²) in [4.78, 5) is 12.9. The zero-order chi connectivity index (χ0) is 13.8. The molecule has 1 heterocycles. The van der Waals surface area contributed by atoms with E-state index in [1.807, 2.05) is 0 Å². The third kappa shape index (κ3) is 4.29. The molecule has 1 unspecified atom stereocenters. The fourth-order valence-electron chi connectivity index (χ4n) is 2.22. The fraction of sp³-hybridized carbons (Fsp3) is 0.462. The summed E-state index contributed by atoms with van der Waals surface area (Å²) in [6.45, 7) is 2.74. The highest BCUT2D eigenvalue weighted by Crippen LogP contribution is 2.25. The van der Waals surface area contributed by atoms with Crippen LogP contribution in [0, 0.1) is 5.92 Å². The van der Waals surface area contributed by atoms with E-state index in [-0.39, 0.29) is 0 Å². The molecule has 0 saturated carbocycles. The average Bonchev–Trinajstić information content (AvgIpc) is 2.71. The lowest BCUT2D eigenvalue weighted by molar-refractivity contribution is 0.209. The van der Waals surface area contributed by atoms with Gasteiger partial charge in [-0.2, -0.15) is 0 Å². The molecule has 0 bridgehead atoms. The molecule has 1 amide bonds. The normalized spacial score (nSPS) is 19.4. The van der Waals surface area contributed by atoms with Gasteiger partial charge in [-0.3, -0.25) is 5.32 Å². The Morgan fingerprint density at radius 3 is 3.00 bits per heavy atom. The third-order valence-corrected chi connectivity index (χ3v) is 3.32. The van der Waals surface area contributed by atoms with Crippen LogP contribution in [0.3, 0.4) is 0 Å². The quantitative estimate of drug-likeness (QED) is 0.892. The van der Waals surface area contributed by atoms with E-state index in [0.717, 1.165) is 19.5 Å². The van der Waals surface area contributed by atoms with Gasteiger partial charge in [-0.1, -0.05) is 11.6 Å². The lowest BCUT2D eigenvalue weighted by atomic mass is 10.1. The first kappa shape index (κ1) is 14.0. The molecule has 0 spiro atoms. The molecular formula is C13H17ClN2O3. The Hall–Kier alpha value is -1.46. The highest BCUT2D eigenvalue weighted by molar-refractivity contribution is 6.31. The summed E-state index contributed by atoms with van der Waals surface area (Å²) in [5, 5.41) is 11.4. The lowest BCUT2D eigenvalue weighted by Gasteiger charge is -2.13. The predicted molar refractivity (Wildman–Crippen MR) is 74.2 cm³/mol. The molecule has 1 atom stereocenters. The highest BCUT2D eigenvalue weighted by atomic mass is 35.5. The third-order valence-electron chi connectivity index (χ3n) is 3.10. The number of halogens is 1. The molecule has 2 rings (SSSR count). The van der Waals surface area contributed by atoms with E-state index in [0.29, 0.717) is 29.0 Å². The van der Waals surface area contributed by atoms with Gasteiger partial charge < -0.3 is 14.7 Å². The standard InChI is InChI=1S/C13H17ClN2O3/c1-16-3-2-9(7-16)8-19-12-5-10(14)4-11(6-12)15-13(17)18/h4-6,9,15H,2-3,7-8H2,1H3,(H,17,18). The first-order valence-corrected chi connectivity index (χ1v) is 6.52. The van der Waals surface area contributed by atoms with Gasteiger partial charge in [-0.25, -0.2) is 4.79 Å². The summed E-state index contributed by atoms with van der Waals surface area (Å²) in [5.41, 5.74) is 0.415. The second-order valence-corrected chi connectivity index (χ2v) is 5.27. The number of likely N-dealkylation sites (tertiary alicyclic amines) is 1. The number of amides is 1. The molecular weight excluding hydrogens is 268 g/mol. The summed E-state index contributed by atoms with van der Waals surface area (Å²) in [7, 11) is 2.09. The average molecular weight is 285 g/mol. The number of nitrogens with zero attached hydrogens (tertiary/aromatic N) is 1. The zero-order valence-electron chi connectivity index (χ0n) is 10.7. The number of anilines is 1. The second kappa shape index (κ2) is 6.12. The summed E-state index contributed by atoms with van der Waals surface area (Å²) in [5.74, 6) is 1.10. The van der Waals surface area contributed by atoms with Crippen LogP contribution < -0.4 is 10.1 Å². The van der Waals surface area contributed by atoms with Gasteiger partial charge in [0.1, 0.15) is 5.75 Å². The topological polar surface area (TPSA) is 61.8 Å². The highest BCUT2D eigenvalue weighted by Gasteiger charge is 2.20. The van der Waals surface area contributed by atoms with E-state index >= 15 is 0 Å². The minimum Gasteiger partial charge on any atom is -0.493 e. The molecule has 6 heteroatoms. The molecule has 1 saturated heterocycles. The van der Waals surface area contributed by atoms with E-state index < -0.39 is 6.09 Å². The van der Waals surface area contributed by atoms with E-state index in [1.165, 1.54) is 0 Å². The van der Waals surface area contributed by atoms with E-state index in [2.05, 4.69) is 17.3 Å². The second-order valence-electron chi connectivity index (χ2n) is 4.83. The maximum absolute atomic E-state index is 10.6. The molecule has 1 fully saturated rings. The Balaban J connectivity index is 1.95. The zero-order valence-corrected chi connectivity index (χ0v) is 11.5. The van der Waals surface area contributed by atoms with Crippen LogP contribution in [0.4, 0.5) is 10.5 Å². The number of rotatable bonds is 4. The van der Waals surface area contributed by atoms with Crippen molar-refractivity contribution in [3.05, 3.63) is 23.2 Å². The van der Waals surface area contributed by atoms with Crippen molar-refractivity contribution in [2.45, 2.75) is 6.42 Å². The molecule has 104 valence electrons. The van der Waals surface area contributed by atoms with E-state index in [1.54, 1.807) is 18.2 Å². The number of ether oxygens (including phenoxy) is 1. The van der Waals surface area contributed by atoms with Crippen molar-refractivity contribution in [1.82, 2.24) is 4.90 Å². The Morgan fingerprint density at radius 2 is 2.37 bits per heavy atom. The number of hydrogen-bond acceptors (Lipinski definition) is 3. The van der Waals surface area contributed by atoms with Crippen LogP contribution in [0.2, 0.25) is 5.02 Å². The van der Waals surface area contributed by atoms with Crippen molar-refractivity contribution >= 4 is 23.4 Å². The number of nitrogens with one attached hydrogen (secondary N) is 1. The molecule has 1 aliphatic heterocycles. The monoisotopic (exact) mass is 284 g/mol. The SMILES string of the molecule is CN1CCC(COc2cc(Cl)cc(NC(=O)O)c2)C1. The molecule has 0 radical (unpaired) electrons. The largest absolute Gasteiger partial charge is 0.493 e. The molecule has 1 aromatic carbocycles. The summed E-state index contributed by atoms with van der Waals surface area (Å²) in [6, 6.07) is 4.87. The van der Waals surface area contributed by atoms with Crippen LogP contribution >= 0.6 is 11.6 Å². The molecule has 0 aliphatic carbocycles. The minimum atomic E-state index is -1.12. The number of carbonyl (C=O) groups is 1. The Kier molecular flexibility index (Phi) is 4.50. The van der Waals surface area contributed by atoms with Crippen LogP contribution in [0.1, 0.15) is 6.42 Å². The molecule has 5 nitrogen and oxygen atoms in total. The first-order valence-electron chi connectivity index (χ1n) is 6.15. The van der Waals surface area contributed by atoms with Crippen LogP contribution in [0.15, 0.2) is 18.2 Å². The maximum Gasteiger partial charge on any atom is 0.409 e. The fourth-order valence-corrected chi connectivity index (χ4v) is 2.44. The summed E-state index contributed by atoms with van der Waals surface area (Å²) >= 11 is 5.93. The molecule has 1 aromatic rings. The van der Waals surface area contributed by atoms with Gasteiger partial charge in [0.05, 0.1) is 6.61 Å². The van der Waals surface area contributed by atoms with Gasteiger partial charge in [0.15, 0.2) is 0 Å². The van der Waals surface area contributed by atoms with Crippen LogP contribution in [-0.2, 0) is 0 Å². The van der Waals surface area contributed by atoms with Crippen molar-refractivity contribution in [3.8, 4) is 5.75 Å². The van der Waals surface area contributed by atoms with Crippen LogP contribution in [0.25, 0.3) is 0 Å². The van der Waals surface area contributed by atoms with Crippen molar-refractivity contribution in [1.29, 1.82) is 0 Å². The van der Waals surface area contributed by atoms with Crippen molar-refractivity contribution in [3.63, 3.8) is 0 Å². The van der Waals surface area contributed by atoms with Gasteiger partial charge in [0.25, 0.3) is 0 Å². The molecule has 0 aromatic heterocycles. The van der Waals surface area contributed by atoms with Crippen molar-refractivity contribution in [2.24, 2.45) is 5.92 Å². The van der Waals surface area contributed by atoms with Gasteiger partial charge in [0.2, 0.25) is 0 Å². The molecule has 2 N–H and O–H groups in total. The number of hydrogen-bond donors (Lipinski definition) is 2. The number of carboxylic acid groups (broad SMARTS) is 1. The smallest absolute Gasteiger partial charge is 0.409 e. The van der Waals surface area contributed by atoms with Crippen molar-refractivity contribution in [2.75, 3.05) is 32.1 Å². The van der Waals surface area contributed by atoms with Gasteiger partial charge in [-0.15, -0.1) is 0 Å². The molecule has 1 aliphatic rings. The molecule has 19 heavy (non-hydrogen) atoms. The lowest BCUT2D eigenvalue weighted by Crippen LogP contribution is -2.18. The Bertz CT molecular complexity index is 467. The van der Waals surface area contributed by atoms with Crippen LogP contribution in [-0.4, -0.2) is 42.8 Å². The number of benzene rings is 1. The van der Waals surface area contributed by atoms with Gasteiger partial charge >= 0.3 is 6.09 Å². The summed E-state index contributed by atoms with van der Waals surface area (Å²) in [6.07, 6.45) is 0.00254. The predicted octanol–water partition coefficient (Wildman–Crippen LogP) is 2.76. The Morgan fingerprint density at radius 1 is 1.58 bits per heavy atom.